The van der Waals surface area contributed by atoms with Crippen molar-refractivity contribution in [3.63, 3.8) is 0 Å². The van der Waals surface area contributed by atoms with Gasteiger partial charge in [-0.25, -0.2) is 0 Å². The summed E-state index contributed by atoms with van der Waals surface area (Å²) in [5.74, 6) is 1.07. The lowest BCUT2D eigenvalue weighted by Gasteiger charge is -2.64. The van der Waals surface area contributed by atoms with Crippen LogP contribution in [0, 0.1) is 22.7 Å². The standard InChI is InChI=1S/C23H32O5/c1-13-5-6-18-21(2,3)19(27)7-8-22(18,4)23(13)10-15-17(26)9-14(11-24)16(12-25)20(15)28-23/h9,12-13,18-19,24,26-27H,5-8,10-11H2,1-4H3/t13-,18+,19+,22+,23-/m1/s1. The number of aromatic hydroxyl groups is 1. The van der Waals surface area contributed by atoms with Crippen LogP contribution in [0.2, 0.25) is 0 Å². The molecule has 0 unspecified atom stereocenters. The zero-order valence-electron chi connectivity index (χ0n) is 17.3. The summed E-state index contributed by atoms with van der Waals surface area (Å²) in [7, 11) is 0. The van der Waals surface area contributed by atoms with Crippen LogP contribution in [0.1, 0.15) is 74.9 Å². The molecular formula is C23H32O5. The van der Waals surface area contributed by atoms with E-state index in [-0.39, 0.29) is 41.1 Å². The molecule has 0 radical (unpaired) electrons. The summed E-state index contributed by atoms with van der Waals surface area (Å²) in [6.45, 7) is 8.47. The fourth-order valence-electron chi connectivity index (χ4n) is 6.82. The van der Waals surface area contributed by atoms with Crippen LogP contribution >= 0.6 is 0 Å². The molecule has 5 nitrogen and oxygen atoms in total. The zero-order valence-corrected chi connectivity index (χ0v) is 17.3. The highest BCUT2D eigenvalue weighted by Crippen LogP contribution is 2.66. The number of benzene rings is 1. The zero-order chi connectivity index (χ0) is 20.5. The van der Waals surface area contributed by atoms with Crippen molar-refractivity contribution in [2.24, 2.45) is 22.7 Å². The van der Waals surface area contributed by atoms with E-state index < -0.39 is 5.60 Å². The van der Waals surface area contributed by atoms with Crippen molar-refractivity contribution < 1.29 is 24.9 Å². The summed E-state index contributed by atoms with van der Waals surface area (Å²) in [5, 5.41) is 31.0. The minimum Gasteiger partial charge on any atom is -0.508 e. The maximum Gasteiger partial charge on any atom is 0.154 e. The first-order chi connectivity index (χ1) is 13.1. The molecule has 0 bridgehead atoms. The molecule has 1 aliphatic heterocycles. The minimum atomic E-state index is -0.529. The van der Waals surface area contributed by atoms with Gasteiger partial charge in [-0.3, -0.25) is 4.79 Å². The number of fused-ring (bicyclic) bond motifs is 3. The number of aliphatic hydroxyl groups excluding tert-OH is 2. The van der Waals surface area contributed by atoms with E-state index >= 15 is 0 Å². The predicted molar refractivity (Wildman–Crippen MR) is 105 cm³/mol. The Morgan fingerprint density at radius 3 is 2.61 bits per heavy atom. The van der Waals surface area contributed by atoms with Gasteiger partial charge < -0.3 is 20.1 Å². The molecular weight excluding hydrogens is 356 g/mol. The summed E-state index contributed by atoms with van der Waals surface area (Å²) >= 11 is 0. The second-order valence-electron chi connectivity index (χ2n) is 10.0. The number of phenols is 1. The molecule has 4 rings (SSSR count). The molecule has 154 valence electrons. The number of carbonyl (C=O) groups is 1. The lowest BCUT2D eigenvalue weighted by Crippen LogP contribution is -2.66. The average Bonchev–Trinajstić information content (AvgIpc) is 3.06. The third kappa shape index (κ3) is 2.29. The third-order valence-corrected chi connectivity index (χ3v) is 8.61. The highest BCUT2D eigenvalue weighted by Gasteiger charge is 2.67. The number of carbonyl (C=O) groups excluding carboxylic acids is 1. The molecule has 0 saturated heterocycles. The quantitative estimate of drug-likeness (QED) is 0.674. The van der Waals surface area contributed by atoms with Crippen molar-refractivity contribution >= 4 is 6.29 Å². The molecule has 1 aromatic rings. The SMILES string of the molecule is C[C@@H]1CC[C@H]2C(C)(C)[C@@H](O)CC[C@]2(C)[C@@]12Cc1c(O)cc(CO)c(C=O)c1O2. The Labute approximate surface area is 166 Å². The number of aliphatic hydroxyl groups is 2. The molecule has 3 N–H and O–H groups in total. The molecule has 5 atom stereocenters. The number of ether oxygens (including phenoxy) is 1. The molecule has 2 fully saturated rings. The fourth-order valence-corrected chi connectivity index (χ4v) is 6.82. The van der Waals surface area contributed by atoms with Crippen LogP contribution < -0.4 is 4.74 Å². The Bertz CT molecular complexity index is 816. The van der Waals surface area contributed by atoms with Crippen molar-refractivity contribution in [2.75, 3.05) is 0 Å². The van der Waals surface area contributed by atoms with E-state index in [9.17, 15) is 20.1 Å². The Morgan fingerprint density at radius 2 is 1.96 bits per heavy atom. The number of rotatable bonds is 2. The van der Waals surface area contributed by atoms with Gasteiger partial charge in [0, 0.05) is 17.4 Å². The van der Waals surface area contributed by atoms with Crippen molar-refractivity contribution in [3.8, 4) is 11.5 Å². The van der Waals surface area contributed by atoms with Gasteiger partial charge >= 0.3 is 0 Å². The third-order valence-electron chi connectivity index (χ3n) is 8.61. The first-order valence-corrected chi connectivity index (χ1v) is 10.4. The second kappa shape index (κ2) is 6.20. The second-order valence-corrected chi connectivity index (χ2v) is 10.0. The minimum absolute atomic E-state index is 0.0922. The van der Waals surface area contributed by atoms with Crippen LogP contribution in [0.3, 0.4) is 0 Å². The molecule has 0 aromatic heterocycles. The molecule has 0 amide bonds. The van der Waals surface area contributed by atoms with E-state index in [1.807, 2.05) is 0 Å². The van der Waals surface area contributed by atoms with Crippen molar-refractivity contribution in [1.29, 1.82) is 0 Å². The highest BCUT2D eigenvalue weighted by atomic mass is 16.5. The molecule has 3 aliphatic rings. The largest absolute Gasteiger partial charge is 0.508 e. The van der Waals surface area contributed by atoms with Crippen LogP contribution in [0.15, 0.2) is 6.07 Å². The van der Waals surface area contributed by atoms with Gasteiger partial charge in [-0.05, 0) is 54.6 Å². The van der Waals surface area contributed by atoms with E-state index in [0.29, 0.717) is 28.9 Å². The maximum absolute atomic E-state index is 11.8. The fraction of sp³-hybridized carbons (Fsp3) is 0.696. The Kier molecular flexibility index (Phi) is 4.37. The van der Waals surface area contributed by atoms with Gasteiger partial charge in [0.2, 0.25) is 0 Å². The number of hydrogen-bond donors (Lipinski definition) is 3. The van der Waals surface area contributed by atoms with Crippen LogP contribution in [0.4, 0.5) is 0 Å². The maximum atomic E-state index is 11.8. The predicted octanol–water partition coefficient (Wildman–Crippen LogP) is 3.60. The van der Waals surface area contributed by atoms with Gasteiger partial charge in [0.25, 0.3) is 0 Å². The molecule has 28 heavy (non-hydrogen) atoms. The van der Waals surface area contributed by atoms with E-state index in [4.69, 9.17) is 4.74 Å². The number of phenolic OH excluding ortho intramolecular Hbond substituents is 1. The molecule has 1 spiro atoms. The molecule has 1 aromatic carbocycles. The van der Waals surface area contributed by atoms with Crippen molar-refractivity contribution in [1.82, 2.24) is 0 Å². The summed E-state index contributed by atoms with van der Waals surface area (Å²) in [6, 6.07) is 1.49. The molecule has 2 saturated carbocycles. The Hall–Kier alpha value is -1.59. The summed E-state index contributed by atoms with van der Waals surface area (Å²) in [4.78, 5) is 11.8. The summed E-state index contributed by atoms with van der Waals surface area (Å²) in [5.41, 5.74) is 0.492. The Morgan fingerprint density at radius 1 is 1.25 bits per heavy atom. The van der Waals surface area contributed by atoms with Gasteiger partial charge in [-0.1, -0.05) is 27.7 Å². The molecule has 2 aliphatic carbocycles. The van der Waals surface area contributed by atoms with Gasteiger partial charge in [-0.15, -0.1) is 0 Å². The van der Waals surface area contributed by atoms with E-state index in [0.717, 1.165) is 32.0 Å². The van der Waals surface area contributed by atoms with Crippen LogP contribution in [0.5, 0.6) is 11.5 Å². The topological polar surface area (TPSA) is 87.0 Å². The summed E-state index contributed by atoms with van der Waals surface area (Å²) in [6.07, 6.45) is 4.55. The summed E-state index contributed by atoms with van der Waals surface area (Å²) < 4.78 is 6.71. The first kappa shape index (κ1) is 19.7. The van der Waals surface area contributed by atoms with E-state index in [1.165, 1.54) is 6.07 Å². The van der Waals surface area contributed by atoms with Gasteiger partial charge in [0.1, 0.15) is 17.1 Å². The van der Waals surface area contributed by atoms with Gasteiger partial charge in [-0.2, -0.15) is 0 Å². The van der Waals surface area contributed by atoms with Gasteiger partial charge in [0.15, 0.2) is 6.29 Å². The smallest absolute Gasteiger partial charge is 0.154 e. The van der Waals surface area contributed by atoms with Crippen molar-refractivity contribution in [3.05, 3.63) is 22.8 Å². The van der Waals surface area contributed by atoms with Crippen molar-refractivity contribution in [2.45, 2.75) is 78.1 Å². The average molecular weight is 389 g/mol. The monoisotopic (exact) mass is 388 g/mol. The number of aldehydes is 1. The van der Waals surface area contributed by atoms with Crippen LogP contribution in [-0.2, 0) is 13.0 Å². The first-order valence-electron chi connectivity index (χ1n) is 10.4. The van der Waals surface area contributed by atoms with Gasteiger partial charge in [0.05, 0.1) is 18.3 Å². The van der Waals surface area contributed by atoms with E-state index in [2.05, 4.69) is 27.7 Å². The Balaban J connectivity index is 1.87. The normalized spacial score (nSPS) is 38.6. The van der Waals surface area contributed by atoms with E-state index in [1.54, 1.807) is 0 Å². The molecule has 1 heterocycles. The van der Waals surface area contributed by atoms with Crippen LogP contribution in [0.25, 0.3) is 0 Å². The van der Waals surface area contributed by atoms with Crippen LogP contribution in [-0.4, -0.2) is 33.3 Å². The lowest BCUT2D eigenvalue weighted by molar-refractivity contribution is -0.210. The number of hydrogen-bond acceptors (Lipinski definition) is 5. The molecule has 5 heteroatoms. The lowest BCUT2D eigenvalue weighted by atomic mass is 9.43. The highest BCUT2D eigenvalue weighted by molar-refractivity contribution is 5.84.